The lowest BCUT2D eigenvalue weighted by atomic mass is 10.0. The number of aliphatic hydroxyl groups excluding tert-OH is 1. The van der Waals surface area contributed by atoms with Crippen molar-refractivity contribution in [3.8, 4) is 0 Å². The van der Waals surface area contributed by atoms with Crippen LogP contribution in [-0.2, 0) is 16.1 Å². The Labute approximate surface area is 184 Å². The molecule has 1 aromatic rings. The van der Waals surface area contributed by atoms with Gasteiger partial charge in [-0.3, -0.25) is 0 Å². The van der Waals surface area contributed by atoms with E-state index in [1.807, 2.05) is 58.0 Å². The van der Waals surface area contributed by atoms with E-state index in [2.05, 4.69) is 26.2 Å². The highest BCUT2D eigenvalue weighted by molar-refractivity contribution is 6.76. The van der Waals surface area contributed by atoms with E-state index < -0.39 is 32.5 Å². The van der Waals surface area contributed by atoms with Gasteiger partial charge >= 0.3 is 6.09 Å². The number of carbonyl (C=O) groups excluding carboxylic acids is 1. The largest absolute Gasteiger partial charge is 0.439 e. The van der Waals surface area contributed by atoms with Crippen LogP contribution in [0.15, 0.2) is 42.5 Å². The van der Waals surface area contributed by atoms with Crippen LogP contribution in [0, 0.1) is 0 Å². The van der Waals surface area contributed by atoms with Crippen LogP contribution in [0.1, 0.15) is 40.2 Å². The van der Waals surface area contributed by atoms with E-state index in [1.165, 1.54) is 0 Å². The van der Waals surface area contributed by atoms with Crippen molar-refractivity contribution in [1.29, 1.82) is 0 Å². The Morgan fingerprint density at radius 2 is 1.60 bits per heavy atom. The minimum absolute atomic E-state index is 0.00713. The number of carbonyl (C=O) groups is 1. The molecule has 3 unspecified atom stereocenters. The van der Waals surface area contributed by atoms with Crippen molar-refractivity contribution in [2.75, 3.05) is 0 Å². The topological polar surface area (TPSA) is 59.0 Å². The molecule has 0 aliphatic rings. The molecule has 0 spiro atoms. The summed E-state index contributed by atoms with van der Waals surface area (Å²) in [4.78, 5) is 14.6. The Morgan fingerprint density at radius 3 is 2.07 bits per heavy atom. The molecule has 1 rings (SSSR count). The molecule has 0 aliphatic carbocycles. The van der Waals surface area contributed by atoms with Crippen LogP contribution in [0.25, 0.3) is 0 Å². The van der Waals surface area contributed by atoms with E-state index in [0.29, 0.717) is 6.61 Å². The van der Waals surface area contributed by atoms with Crippen LogP contribution < -0.4 is 0 Å². The van der Waals surface area contributed by atoms with Gasteiger partial charge in [0.15, 0.2) is 6.10 Å². The van der Waals surface area contributed by atoms with E-state index in [4.69, 9.17) is 9.47 Å². The van der Waals surface area contributed by atoms with Crippen LogP contribution in [0.5, 0.6) is 0 Å². The second-order valence-corrected chi connectivity index (χ2v) is 15.3. The normalized spacial score (nSPS) is 15.0. The second-order valence-electron chi connectivity index (χ2n) is 9.79. The van der Waals surface area contributed by atoms with Gasteiger partial charge < -0.3 is 19.5 Å². The molecule has 0 saturated heterocycles. The molecule has 0 heterocycles. The number of rotatable bonds is 11. The molecule has 0 aliphatic heterocycles. The molecule has 1 aromatic carbocycles. The monoisotopic (exact) mass is 435 g/mol. The number of nitrogens with zero attached hydrogens (tertiary/aromatic N) is 1. The van der Waals surface area contributed by atoms with Gasteiger partial charge in [-0.1, -0.05) is 56.6 Å². The van der Waals surface area contributed by atoms with Crippen molar-refractivity contribution in [3.05, 3.63) is 48.0 Å². The van der Waals surface area contributed by atoms with E-state index in [0.717, 1.165) is 17.2 Å². The van der Waals surface area contributed by atoms with Crippen molar-refractivity contribution >= 4 is 14.2 Å². The number of ether oxygens (including phenoxy) is 2. The number of hydrogen-bond donors (Lipinski definition) is 1. The van der Waals surface area contributed by atoms with Gasteiger partial charge in [0.1, 0.15) is 6.10 Å². The van der Waals surface area contributed by atoms with E-state index in [9.17, 15) is 9.90 Å². The highest BCUT2D eigenvalue weighted by Gasteiger charge is 2.35. The van der Waals surface area contributed by atoms with Crippen LogP contribution in [0.2, 0.25) is 25.7 Å². The average molecular weight is 436 g/mol. The number of aliphatic hydroxyl groups is 1. The van der Waals surface area contributed by atoms with Crippen LogP contribution in [0.4, 0.5) is 4.79 Å². The molecule has 0 bridgehead atoms. The van der Waals surface area contributed by atoms with Gasteiger partial charge in [-0.05, 0) is 51.8 Å². The minimum atomic E-state index is -1.51. The Morgan fingerprint density at radius 1 is 1.07 bits per heavy atom. The Bertz CT molecular complexity index is 662. The summed E-state index contributed by atoms with van der Waals surface area (Å²) in [6.45, 7) is 20.9. The van der Waals surface area contributed by atoms with Crippen molar-refractivity contribution in [3.63, 3.8) is 0 Å². The predicted molar refractivity (Wildman–Crippen MR) is 126 cm³/mol. The summed E-state index contributed by atoms with van der Waals surface area (Å²) in [6, 6.07) is 10.6. The lowest BCUT2D eigenvalue weighted by molar-refractivity contribution is -0.0850. The van der Waals surface area contributed by atoms with Gasteiger partial charge in [0, 0.05) is 20.2 Å². The average Bonchev–Trinajstić information content (AvgIpc) is 2.62. The molecule has 1 amide bonds. The van der Waals surface area contributed by atoms with E-state index in [-0.39, 0.29) is 12.1 Å². The van der Waals surface area contributed by atoms with Gasteiger partial charge in [-0.25, -0.2) is 4.79 Å². The van der Waals surface area contributed by atoms with Gasteiger partial charge in [0.05, 0.1) is 12.7 Å². The molecule has 170 valence electrons. The van der Waals surface area contributed by atoms with Crippen LogP contribution in [0.3, 0.4) is 0 Å². The van der Waals surface area contributed by atoms with Crippen molar-refractivity contribution in [1.82, 2.24) is 4.90 Å². The standard InChI is InChI=1S/C24H41NO4Si/c1-17(2)25(18(3)4)24(27)29-23(19(5)16-30(7,8)9)22(26)20(6)28-15-21-13-11-10-12-14-21/h10-14,17-18,20,22-23,26H,5,15-16H2,1-4,6-9H3. The SMILES string of the molecule is C=C(C[Si](C)(C)C)C(OC(=O)N(C(C)C)C(C)C)C(O)C(C)OCc1ccccc1. The van der Waals surface area contributed by atoms with Crippen LogP contribution in [-0.4, -0.2) is 54.6 Å². The zero-order chi connectivity index (χ0) is 23.1. The maximum absolute atomic E-state index is 12.9. The maximum Gasteiger partial charge on any atom is 0.410 e. The third-order valence-corrected chi connectivity index (χ3v) is 6.37. The fraction of sp³-hybridized carbons (Fsp3) is 0.625. The van der Waals surface area contributed by atoms with Gasteiger partial charge in [-0.15, -0.1) is 0 Å². The van der Waals surface area contributed by atoms with Gasteiger partial charge in [-0.2, -0.15) is 0 Å². The molecule has 30 heavy (non-hydrogen) atoms. The summed E-state index contributed by atoms with van der Waals surface area (Å²) in [5.41, 5.74) is 1.77. The molecule has 1 N–H and O–H groups in total. The lowest BCUT2D eigenvalue weighted by Gasteiger charge is -2.35. The van der Waals surface area contributed by atoms with Gasteiger partial charge in [0.2, 0.25) is 0 Å². The fourth-order valence-corrected chi connectivity index (χ4v) is 5.07. The maximum atomic E-state index is 12.9. The molecule has 0 aromatic heterocycles. The Balaban J connectivity index is 2.97. The zero-order valence-electron chi connectivity index (χ0n) is 20.0. The molecular formula is C24H41NO4Si. The molecule has 3 atom stereocenters. The quantitative estimate of drug-likeness (QED) is 0.370. The Hall–Kier alpha value is -1.63. The molecule has 0 radical (unpaired) electrons. The van der Waals surface area contributed by atoms with Crippen molar-refractivity contribution in [2.24, 2.45) is 0 Å². The second kappa shape index (κ2) is 11.7. The summed E-state index contributed by atoms with van der Waals surface area (Å²) < 4.78 is 11.8. The smallest absolute Gasteiger partial charge is 0.410 e. The number of hydrogen-bond acceptors (Lipinski definition) is 4. The molecule has 5 nitrogen and oxygen atoms in total. The summed E-state index contributed by atoms with van der Waals surface area (Å²) in [6.07, 6.45) is -2.76. The van der Waals surface area contributed by atoms with Gasteiger partial charge in [0.25, 0.3) is 0 Å². The number of benzene rings is 1. The minimum Gasteiger partial charge on any atom is -0.439 e. The highest BCUT2D eigenvalue weighted by atomic mass is 28.3. The first-order valence-corrected chi connectivity index (χ1v) is 14.5. The predicted octanol–water partition coefficient (Wildman–Crippen LogP) is 5.47. The van der Waals surface area contributed by atoms with Crippen LogP contribution >= 0.6 is 0 Å². The summed E-state index contributed by atoms with van der Waals surface area (Å²) >= 11 is 0. The fourth-order valence-electron chi connectivity index (χ4n) is 3.51. The first-order valence-electron chi connectivity index (χ1n) is 10.8. The third kappa shape index (κ3) is 8.62. The summed E-state index contributed by atoms with van der Waals surface area (Å²) in [7, 11) is -1.51. The first-order chi connectivity index (χ1) is 13.8. The molecule has 6 heteroatoms. The highest BCUT2D eigenvalue weighted by Crippen LogP contribution is 2.25. The molecular weight excluding hydrogens is 394 g/mol. The lowest BCUT2D eigenvalue weighted by Crippen LogP contribution is -2.48. The third-order valence-electron chi connectivity index (χ3n) is 4.86. The summed E-state index contributed by atoms with van der Waals surface area (Å²) in [5, 5.41) is 11.1. The number of amides is 1. The van der Waals surface area contributed by atoms with Crippen molar-refractivity contribution < 1.29 is 19.4 Å². The Kier molecular flexibility index (Phi) is 10.3. The van der Waals surface area contributed by atoms with Crippen molar-refractivity contribution in [2.45, 2.75) is 97.3 Å². The van der Waals surface area contributed by atoms with E-state index in [1.54, 1.807) is 11.8 Å². The molecule has 0 fully saturated rings. The zero-order valence-corrected chi connectivity index (χ0v) is 21.0. The summed E-state index contributed by atoms with van der Waals surface area (Å²) in [5.74, 6) is 0. The van der Waals surface area contributed by atoms with E-state index >= 15 is 0 Å². The molecule has 0 saturated carbocycles. The first kappa shape index (κ1) is 26.4.